The van der Waals surface area contributed by atoms with Gasteiger partial charge in [0.15, 0.2) is 5.82 Å². The zero-order chi connectivity index (χ0) is 26.2. The van der Waals surface area contributed by atoms with E-state index >= 15 is 4.39 Å². The van der Waals surface area contributed by atoms with Crippen molar-refractivity contribution in [2.24, 2.45) is 0 Å². The van der Waals surface area contributed by atoms with Gasteiger partial charge in [-0.3, -0.25) is 4.72 Å². The molecule has 1 aliphatic rings. The van der Waals surface area contributed by atoms with Gasteiger partial charge in [-0.2, -0.15) is 0 Å². The first-order chi connectivity index (χ1) is 17.7. The molecule has 0 atom stereocenters. The van der Waals surface area contributed by atoms with E-state index in [1.165, 1.54) is 35.7 Å². The molecule has 37 heavy (non-hydrogen) atoms. The van der Waals surface area contributed by atoms with Crippen molar-refractivity contribution in [2.45, 2.75) is 42.9 Å². The summed E-state index contributed by atoms with van der Waals surface area (Å²) in [6.45, 7) is 0. The van der Waals surface area contributed by atoms with E-state index in [0.29, 0.717) is 28.4 Å². The summed E-state index contributed by atoms with van der Waals surface area (Å²) in [5.41, 5.74) is 6.15. The van der Waals surface area contributed by atoms with Crippen LogP contribution in [-0.4, -0.2) is 23.4 Å². The number of sulfonamides is 1. The van der Waals surface area contributed by atoms with Gasteiger partial charge in [-0.15, -0.1) is 11.3 Å². The Morgan fingerprint density at radius 3 is 2.54 bits per heavy atom. The Labute approximate surface area is 215 Å². The third kappa shape index (κ3) is 5.16. The maximum absolute atomic E-state index is 15.8. The zero-order valence-electron chi connectivity index (χ0n) is 19.4. The number of halogens is 3. The Kier molecular flexibility index (Phi) is 6.86. The van der Waals surface area contributed by atoms with Gasteiger partial charge in [0.2, 0.25) is 5.95 Å². The molecule has 0 unspecified atom stereocenters. The van der Waals surface area contributed by atoms with E-state index in [2.05, 4.69) is 9.97 Å². The topological polar surface area (TPSA) is 111 Å². The lowest BCUT2D eigenvalue weighted by Gasteiger charge is -2.18. The summed E-state index contributed by atoms with van der Waals surface area (Å²) in [6, 6.07) is 7.80. The molecule has 0 aliphatic heterocycles. The summed E-state index contributed by atoms with van der Waals surface area (Å²) < 4.78 is 71.2. The number of thiazole rings is 1. The molecule has 0 saturated heterocycles. The first kappa shape index (κ1) is 25.2. The highest BCUT2D eigenvalue weighted by Gasteiger charge is 2.27. The third-order valence-electron chi connectivity index (χ3n) is 6.19. The molecule has 4 aromatic rings. The molecular formula is C25H22F3N5O2S2. The molecule has 5 rings (SSSR count). The molecule has 2 aromatic carbocycles. The van der Waals surface area contributed by atoms with Gasteiger partial charge in [0.1, 0.15) is 16.5 Å². The number of hydrogen-bond donors (Lipinski definition) is 2. The molecule has 2 heterocycles. The van der Waals surface area contributed by atoms with Crippen LogP contribution in [0.15, 0.2) is 53.6 Å². The van der Waals surface area contributed by atoms with Crippen molar-refractivity contribution in [1.29, 1.82) is 0 Å². The molecule has 0 amide bonds. The number of benzene rings is 2. The van der Waals surface area contributed by atoms with E-state index in [4.69, 9.17) is 10.7 Å². The summed E-state index contributed by atoms with van der Waals surface area (Å²) in [6.07, 6.45) is 6.76. The van der Waals surface area contributed by atoms with E-state index in [1.54, 1.807) is 6.07 Å². The number of aromatic nitrogens is 3. The fraction of sp³-hybridized carbons (Fsp3) is 0.240. The van der Waals surface area contributed by atoms with E-state index in [1.807, 2.05) is 4.72 Å². The second-order valence-electron chi connectivity index (χ2n) is 8.71. The summed E-state index contributed by atoms with van der Waals surface area (Å²) >= 11 is 1.40. The lowest BCUT2D eigenvalue weighted by atomic mass is 9.90. The number of nitrogens with zero attached hydrogens (tertiary/aromatic N) is 3. The van der Waals surface area contributed by atoms with Gasteiger partial charge in [-0.1, -0.05) is 25.3 Å². The Morgan fingerprint density at radius 1 is 1.00 bits per heavy atom. The molecule has 12 heteroatoms. The van der Waals surface area contributed by atoms with Crippen LogP contribution in [0.4, 0.5) is 24.8 Å². The number of nitrogens with two attached hydrogens (primary N) is 1. The van der Waals surface area contributed by atoms with Crippen LogP contribution >= 0.6 is 11.3 Å². The van der Waals surface area contributed by atoms with Crippen LogP contribution in [0.5, 0.6) is 0 Å². The summed E-state index contributed by atoms with van der Waals surface area (Å²) in [4.78, 5) is 12.6. The van der Waals surface area contributed by atoms with E-state index in [-0.39, 0.29) is 17.4 Å². The number of anilines is 2. The normalized spacial score (nSPS) is 14.6. The van der Waals surface area contributed by atoms with E-state index in [0.717, 1.165) is 43.2 Å². The monoisotopic (exact) mass is 545 g/mol. The predicted molar refractivity (Wildman–Crippen MR) is 136 cm³/mol. The highest BCUT2D eigenvalue weighted by molar-refractivity contribution is 7.92. The highest BCUT2D eigenvalue weighted by atomic mass is 32.2. The average Bonchev–Trinajstić information content (AvgIpc) is 3.32. The zero-order valence-corrected chi connectivity index (χ0v) is 21.1. The highest BCUT2D eigenvalue weighted by Crippen LogP contribution is 2.43. The number of rotatable bonds is 6. The summed E-state index contributed by atoms with van der Waals surface area (Å²) in [5.74, 6) is -2.74. The van der Waals surface area contributed by atoms with Gasteiger partial charge >= 0.3 is 0 Å². The van der Waals surface area contributed by atoms with Crippen molar-refractivity contribution in [3.8, 4) is 21.8 Å². The standard InChI is InChI=1S/C25H22F3N5O2S2/c26-15-9-10-17(27)20(13-15)37(34,35)33-18-8-4-7-16(21(18)28)22-23(19-11-12-30-25(29)31-19)36-24(32-22)14-5-2-1-3-6-14/h4,7-14,33H,1-3,5-6H2,(H2,29,30,31). The Hall–Kier alpha value is -3.51. The Morgan fingerprint density at radius 2 is 1.78 bits per heavy atom. The fourth-order valence-electron chi connectivity index (χ4n) is 4.39. The number of hydrogen-bond acceptors (Lipinski definition) is 7. The SMILES string of the molecule is Nc1nccc(-c2sc(C3CCCCC3)nc2-c2cccc(NS(=O)(=O)c3cc(F)ccc3F)c2F)n1. The second-order valence-corrected chi connectivity index (χ2v) is 11.4. The first-order valence-corrected chi connectivity index (χ1v) is 13.9. The van der Waals surface area contributed by atoms with Gasteiger partial charge < -0.3 is 5.73 Å². The van der Waals surface area contributed by atoms with Crippen LogP contribution in [-0.2, 0) is 10.0 Å². The van der Waals surface area contributed by atoms with Crippen LogP contribution in [0.3, 0.4) is 0 Å². The molecule has 7 nitrogen and oxygen atoms in total. The molecule has 2 aromatic heterocycles. The van der Waals surface area contributed by atoms with Crippen molar-refractivity contribution in [1.82, 2.24) is 15.0 Å². The van der Waals surface area contributed by atoms with E-state index < -0.39 is 38.1 Å². The van der Waals surface area contributed by atoms with Crippen LogP contribution in [0.1, 0.15) is 43.0 Å². The van der Waals surface area contributed by atoms with Crippen molar-refractivity contribution in [3.05, 3.63) is 71.1 Å². The summed E-state index contributed by atoms with van der Waals surface area (Å²) in [7, 11) is -4.63. The molecule has 1 fully saturated rings. The quantitative estimate of drug-likeness (QED) is 0.302. The van der Waals surface area contributed by atoms with Crippen molar-refractivity contribution in [3.63, 3.8) is 0 Å². The lowest BCUT2D eigenvalue weighted by molar-refractivity contribution is 0.442. The van der Waals surface area contributed by atoms with Gasteiger partial charge in [-0.05, 0) is 49.2 Å². The number of nitrogens with one attached hydrogen (secondary N) is 1. The molecular weight excluding hydrogens is 523 g/mol. The maximum atomic E-state index is 15.8. The smallest absolute Gasteiger partial charge is 0.265 e. The summed E-state index contributed by atoms with van der Waals surface area (Å²) in [5, 5.41) is 0.842. The molecule has 3 N–H and O–H groups in total. The van der Waals surface area contributed by atoms with Crippen molar-refractivity contribution >= 4 is 33.0 Å². The Balaban J connectivity index is 1.59. The van der Waals surface area contributed by atoms with Crippen LogP contribution in [0.2, 0.25) is 0 Å². The molecule has 192 valence electrons. The maximum Gasteiger partial charge on any atom is 0.265 e. The van der Waals surface area contributed by atoms with E-state index in [9.17, 15) is 17.2 Å². The van der Waals surface area contributed by atoms with Crippen LogP contribution in [0, 0.1) is 17.5 Å². The minimum atomic E-state index is -4.63. The van der Waals surface area contributed by atoms with Crippen LogP contribution < -0.4 is 10.5 Å². The molecule has 0 spiro atoms. The van der Waals surface area contributed by atoms with Gasteiger partial charge in [-0.25, -0.2) is 36.5 Å². The fourth-order valence-corrected chi connectivity index (χ4v) is 6.76. The third-order valence-corrected chi connectivity index (χ3v) is 8.81. The van der Waals surface area contributed by atoms with Crippen molar-refractivity contribution < 1.29 is 21.6 Å². The van der Waals surface area contributed by atoms with Gasteiger partial charge in [0.05, 0.1) is 27.0 Å². The molecule has 1 saturated carbocycles. The van der Waals surface area contributed by atoms with Gasteiger partial charge in [0, 0.05) is 17.7 Å². The lowest BCUT2D eigenvalue weighted by Crippen LogP contribution is -2.16. The average molecular weight is 546 g/mol. The largest absolute Gasteiger partial charge is 0.368 e. The first-order valence-electron chi connectivity index (χ1n) is 11.6. The molecule has 1 aliphatic carbocycles. The van der Waals surface area contributed by atoms with Gasteiger partial charge in [0.25, 0.3) is 10.0 Å². The van der Waals surface area contributed by atoms with Crippen molar-refractivity contribution in [2.75, 3.05) is 10.5 Å². The minimum absolute atomic E-state index is 0.0328. The predicted octanol–water partition coefficient (Wildman–Crippen LogP) is 6.12. The molecule has 0 bridgehead atoms. The number of nitrogen functional groups attached to an aromatic ring is 1. The minimum Gasteiger partial charge on any atom is -0.368 e. The molecule has 0 radical (unpaired) electrons. The van der Waals surface area contributed by atoms with Crippen LogP contribution in [0.25, 0.3) is 21.8 Å². The second kappa shape index (κ2) is 10.1. The Bertz CT molecular complexity index is 1570.